The maximum atomic E-state index is 12.0. The molecule has 0 unspecified atom stereocenters. The molecule has 0 spiro atoms. The molecule has 0 aromatic rings. The Hall–Kier alpha value is -1.26. The predicted molar refractivity (Wildman–Crippen MR) is 67.2 cm³/mol. The number of ether oxygens (including phenoxy) is 2. The Morgan fingerprint density at radius 1 is 1.28 bits per heavy atom. The van der Waals surface area contributed by atoms with Crippen LogP contribution in [0.15, 0.2) is 0 Å². The number of carbonyl (C=O) groups excluding carboxylic acids is 2. The SMILES string of the molecule is COC(=O)C[C@H]1CCCCN1C(=O)OC(C)(C)C. The Labute approximate surface area is 108 Å². The highest BCUT2D eigenvalue weighted by Gasteiger charge is 2.31. The highest BCUT2D eigenvalue weighted by Crippen LogP contribution is 2.22. The van der Waals surface area contributed by atoms with Crippen molar-refractivity contribution in [2.45, 2.75) is 58.1 Å². The Kier molecular flexibility index (Phi) is 4.99. The third-order valence-electron chi connectivity index (χ3n) is 2.89. The molecule has 0 saturated carbocycles. The fraction of sp³-hybridized carbons (Fsp3) is 0.846. The molecule has 0 radical (unpaired) electrons. The van der Waals surface area contributed by atoms with E-state index >= 15 is 0 Å². The van der Waals surface area contributed by atoms with Gasteiger partial charge in [0, 0.05) is 12.6 Å². The molecule has 1 fully saturated rings. The summed E-state index contributed by atoms with van der Waals surface area (Å²) in [6.45, 7) is 6.16. The van der Waals surface area contributed by atoms with Gasteiger partial charge in [0.1, 0.15) is 5.60 Å². The van der Waals surface area contributed by atoms with Gasteiger partial charge in [-0.1, -0.05) is 0 Å². The number of methoxy groups -OCH3 is 1. The van der Waals surface area contributed by atoms with Crippen molar-refractivity contribution in [2.24, 2.45) is 0 Å². The van der Waals surface area contributed by atoms with Crippen LogP contribution in [0.4, 0.5) is 4.79 Å². The van der Waals surface area contributed by atoms with Crippen molar-refractivity contribution in [2.75, 3.05) is 13.7 Å². The predicted octanol–water partition coefficient (Wildman–Crippen LogP) is 2.34. The van der Waals surface area contributed by atoms with Gasteiger partial charge in [0.15, 0.2) is 0 Å². The maximum absolute atomic E-state index is 12.0. The van der Waals surface area contributed by atoms with Crippen molar-refractivity contribution >= 4 is 12.1 Å². The lowest BCUT2D eigenvalue weighted by molar-refractivity contribution is -0.142. The molecule has 0 N–H and O–H groups in total. The average molecular weight is 257 g/mol. The first kappa shape index (κ1) is 14.8. The second kappa shape index (κ2) is 6.07. The Bertz CT molecular complexity index is 309. The summed E-state index contributed by atoms with van der Waals surface area (Å²) in [6, 6.07) is -0.0963. The van der Waals surface area contributed by atoms with E-state index in [-0.39, 0.29) is 24.5 Å². The second-order valence-electron chi connectivity index (χ2n) is 5.60. The third-order valence-corrected chi connectivity index (χ3v) is 2.89. The molecule has 0 aliphatic carbocycles. The van der Waals surface area contributed by atoms with E-state index in [1.165, 1.54) is 7.11 Å². The molecule has 1 aliphatic heterocycles. The van der Waals surface area contributed by atoms with Gasteiger partial charge in [-0.25, -0.2) is 4.79 Å². The van der Waals surface area contributed by atoms with Gasteiger partial charge in [-0.2, -0.15) is 0 Å². The highest BCUT2D eigenvalue weighted by atomic mass is 16.6. The number of hydrogen-bond donors (Lipinski definition) is 0. The Morgan fingerprint density at radius 3 is 2.50 bits per heavy atom. The Morgan fingerprint density at radius 2 is 1.94 bits per heavy atom. The van der Waals surface area contributed by atoms with Crippen LogP contribution >= 0.6 is 0 Å². The van der Waals surface area contributed by atoms with Gasteiger partial charge in [0.25, 0.3) is 0 Å². The number of amides is 1. The molecular formula is C13H23NO4. The molecule has 0 aromatic carbocycles. The third kappa shape index (κ3) is 4.55. The summed E-state index contributed by atoms with van der Waals surface area (Å²) >= 11 is 0. The van der Waals surface area contributed by atoms with Crippen LogP contribution in [0.25, 0.3) is 0 Å². The molecule has 5 heteroatoms. The number of rotatable bonds is 2. The molecule has 5 nitrogen and oxygen atoms in total. The molecule has 18 heavy (non-hydrogen) atoms. The minimum atomic E-state index is -0.510. The zero-order valence-corrected chi connectivity index (χ0v) is 11.7. The summed E-state index contributed by atoms with van der Waals surface area (Å²) in [6.07, 6.45) is 2.72. The smallest absolute Gasteiger partial charge is 0.410 e. The van der Waals surface area contributed by atoms with Crippen LogP contribution in [0.1, 0.15) is 46.5 Å². The van der Waals surface area contributed by atoms with E-state index in [2.05, 4.69) is 4.74 Å². The molecule has 0 aromatic heterocycles. The van der Waals surface area contributed by atoms with E-state index in [1.54, 1.807) is 4.90 Å². The molecule has 1 amide bonds. The van der Waals surface area contributed by atoms with Crippen LogP contribution in [0, 0.1) is 0 Å². The summed E-state index contributed by atoms with van der Waals surface area (Å²) in [4.78, 5) is 25.0. The number of likely N-dealkylation sites (tertiary alicyclic amines) is 1. The first-order valence-corrected chi connectivity index (χ1v) is 6.40. The normalized spacial score (nSPS) is 20.4. The van der Waals surface area contributed by atoms with E-state index < -0.39 is 5.60 Å². The van der Waals surface area contributed by atoms with E-state index in [9.17, 15) is 9.59 Å². The topological polar surface area (TPSA) is 55.8 Å². The molecule has 104 valence electrons. The highest BCUT2D eigenvalue weighted by molar-refractivity contribution is 5.73. The monoisotopic (exact) mass is 257 g/mol. The van der Waals surface area contributed by atoms with Crippen LogP contribution in [-0.2, 0) is 14.3 Å². The van der Waals surface area contributed by atoms with Crippen molar-refractivity contribution < 1.29 is 19.1 Å². The summed E-state index contributed by atoms with van der Waals surface area (Å²) in [5.74, 6) is -0.282. The van der Waals surface area contributed by atoms with Crippen LogP contribution in [0.3, 0.4) is 0 Å². The van der Waals surface area contributed by atoms with Crippen molar-refractivity contribution in [1.29, 1.82) is 0 Å². The van der Waals surface area contributed by atoms with E-state index in [1.807, 2.05) is 20.8 Å². The first-order valence-electron chi connectivity index (χ1n) is 6.40. The van der Waals surface area contributed by atoms with Crippen molar-refractivity contribution in [3.05, 3.63) is 0 Å². The lowest BCUT2D eigenvalue weighted by Crippen LogP contribution is -2.47. The molecule has 1 rings (SSSR count). The minimum Gasteiger partial charge on any atom is -0.469 e. The van der Waals surface area contributed by atoms with Crippen LogP contribution < -0.4 is 0 Å². The van der Waals surface area contributed by atoms with Gasteiger partial charge in [-0.05, 0) is 40.0 Å². The van der Waals surface area contributed by atoms with Crippen molar-refractivity contribution in [1.82, 2.24) is 4.90 Å². The zero-order valence-electron chi connectivity index (χ0n) is 11.7. The first-order chi connectivity index (χ1) is 8.33. The number of hydrogen-bond acceptors (Lipinski definition) is 4. The zero-order chi connectivity index (χ0) is 13.8. The van der Waals surface area contributed by atoms with Crippen LogP contribution in [-0.4, -0.2) is 42.3 Å². The lowest BCUT2D eigenvalue weighted by Gasteiger charge is -2.36. The fourth-order valence-corrected chi connectivity index (χ4v) is 2.05. The fourth-order valence-electron chi connectivity index (χ4n) is 2.05. The molecule has 0 bridgehead atoms. The van der Waals surface area contributed by atoms with Crippen LogP contribution in [0.2, 0.25) is 0 Å². The lowest BCUT2D eigenvalue weighted by atomic mass is 10.00. The molecule has 1 heterocycles. The standard InChI is InChI=1S/C13H23NO4/c1-13(2,3)18-12(16)14-8-6-5-7-10(14)9-11(15)17-4/h10H,5-9H2,1-4H3/t10-/m1/s1. The summed E-state index contributed by atoms with van der Waals surface area (Å²) in [7, 11) is 1.36. The molecule has 1 aliphatic rings. The molecular weight excluding hydrogens is 234 g/mol. The van der Waals surface area contributed by atoms with E-state index in [0.717, 1.165) is 19.3 Å². The minimum absolute atomic E-state index is 0.0963. The van der Waals surface area contributed by atoms with Gasteiger partial charge < -0.3 is 14.4 Å². The largest absolute Gasteiger partial charge is 0.469 e. The van der Waals surface area contributed by atoms with Gasteiger partial charge in [-0.3, -0.25) is 4.79 Å². The van der Waals surface area contributed by atoms with Crippen LogP contribution in [0.5, 0.6) is 0 Å². The number of esters is 1. The number of piperidine rings is 1. The molecule has 1 atom stereocenters. The van der Waals surface area contributed by atoms with E-state index in [4.69, 9.17) is 4.74 Å². The second-order valence-corrected chi connectivity index (χ2v) is 5.60. The molecule has 1 saturated heterocycles. The van der Waals surface area contributed by atoms with Gasteiger partial charge >= 0.3 is 12.1 Å². The van der Waals surface area contributed by atoms with Gasteiger partial charge in [0.2, 0.25) is 0 Å². The Balaban J connectivity index is 2.64. The number of nitrogens with zero attached hydrogens (tertiary/aromatic N) is 1. The average Bonchev–Trinajstić information content (AvgIpc) is 2.27. The van der Waals surface area contributed by atoms with Gasteiger partial charge in [-0.15, -0.1) is 0 Å². The number of carbonyl (C=O) groups is 2. The van der Waals surface area contributed by atoms with Gasteiger partial charge in [0.05, 0.1) is 13.5 Å². The maximum Gasteiger partial charge on any atom is 0.410 e. The van der Waals surface area contributed by atoms with Crippen molar-refractivity contribution in [3.63, 3.8) is 0 Å². The van der Waals surface area contributed by atoms with E-state index in [0.29, 0.717) is 6.54 Å². The summed E-state index contributed by atoms with van der Waals surface area (Å²) < 4.78 is 10.0. The summed E-state index contributed by atoms with van der Waals surface area (Å²) in [5.41, 5.74) is -0.510. The summed E-state index contributed by atoms with van der Waals surface area (Å²) in [5, 5.41) is 0. The van der Waals surface area contributed by atoms with Crippen molar-refractivity contribution in [3.8, 4) is 0 Å². The quantitative estimate of drug-likeness (QED) is 0.712.